The second-order valence-electron chi connectivity index (χ2n) is 4.32. The number of nitrogens with zero attached hydrogens (tertiary/aromatic N) is 1. The van der Waals surface area contributed by atoms with Crippen LogP contribution >= 0.6 is 0 Å². The number of ether oxygens (including phenoxy) is 1. The van der Waals surface area contributed by atoms with E-state index in [1.165, 1.54) is 47.8 Å². The molecule has 2 aromatic carbocycles. The number of hydrogen-bond donors (Lipinski definition) is 0. The van der Waals surface area contributed by atoms with Gasteiger partial charge in [0.15, 0.2) is 0 Å². The average molecular weight is 309 g/mol. The van der Waals surface area contributed by atoms with Crippen LogP contribution in [0.2, 0.25) is 0 Å². The molecule has 0 N–H and O–H groups in total. The molecule has 0 saturated heterocycles. The SMILES string of the molecule is CCN(c1ccc(F)cc1)S(=O)(=O)c1ccc(OC)cc1. The van der Waals surface area contributed by atoms with Gasteiger partial charge in [-0.15, -0.1) is 0 Å². The number of methoxy groups -OCH3 is 1. The zero-order chi connectivity index (χ0) is 15.5. The van der Waals surface area contributed by atoms with E-state index in [-0.39, 0.29) is 11.4 Å². The first-order valence-electron chi connectivity index (χ1n) is 6.41. The molecule has 21 heavy (non-hydrogen) atoms. The van der Waals surface area contributed by atoms with E-state index < -0.39 is 15.8 Å². The Morgan fingerprint density at radius 1 is 1.05 bits per heavy atom. The minimum atomic E-state index is -3.69. The summed E-state index contributed by atoms with van der Waals surface area (Å²) in [6.07, 6.45) is 0. The Bertz CT molecular complexity index is 697. The van der Waals surface area contributed by atoms with Crippen LogP contribution in [-0.4, -0.2) is 22.1 Å². The van der Waals surface area contributed by atoms with Gasteiger partial charge in [0.2, 0.25) is 0 Å². The Kier molecular flexibility index (Phi) is 4.47. The van der Waals surface area contributed by atoms with Crippen LogP contribution in [0.1, 0.15) is 6.92 Å². The number of benzene rings is 2. The Morgan fingerprint density at radius 2 is 1.62 bits per heavy atom. The van der Waals surface area contributed by atoms with Gasteiger partial charge in [-0.2, -0.15) is 0 Å². The molecule has 0 spiro atoms. The molecule has 2 aromatic rings. The lowest BCUT2D eigenvalue weighted by molar-refractivity contribution is 0.414. The van der Waals surface area contributed by atoms with E-state index in [1.54, 1.807) is 19.1 Å². The second kappa shape index (κ2) is 6.13. The Balaban J connectivity index is 2.41. The number of hydrogen-bond acceptors (Lipinski definition) is 3. The molecule has 0 unspecified atom stereocenters. The zero-order valence-corrected chi connectivity index (χ0v) is 12.6. The van der Waals surface area contributed by atoms with Gasteiger partial charge >= 0.3 is 0 Å². The fraction of sp³-hybridized carbons (Fsp3) is 0.200. The van der Waals surface area contributed by atoms with Crippen molar-refractivity contribution >= 4 is 15.7 Å². The van der Waals surface area contributed by atoms with Crippen molar-refractivity contribution in [1.29, 1.82) is 0 Å². The van der Waals surface area contributed by atoms with Crippen LogP contribution in [0.3, 0.4) is 0 Å². The Labute approximate surface area is 123 Å². The number of rotatable bonds is 5. The van der Waals surface area contributed by atoms with Crippen LogP contribution in [0.5, 0.6) is 5.75 Å². The molecular weight excluding hydrogens is 293 g/mol. The highest BCUT2D eigenvalue weighted by Crippen LogP contribution is 2.25. The van der Waals surface area contributed by atoms with Gasteiger partial charge in [-0.05, 0) is 55.5 Å². The number of sulfonamides is 1. The molecule has 0 bridgehead atoms. The highest BCUT2D eigenvalue weighted by molar-refractivity contribution is 7.92. The fourth-order valence-electron chi connectivity index (χ4n) is 1.97. The Morgan fingerprint density at radius 3 is 2.10 bits per heavy atom. The number of anilines is 1. The predicted molar refractivity (Wildman–Crippen MR) is 79.6 cm³/mol. The minimum absolute atomic E-state index is 0.162. The van der Waals surface area contributed by atoms with Gasteiger partial charge in [0, 0.05) is 6.54 Å². The highest BCUT2D eigenvalue weighted by atomic mass is 32.2. The van der Waals surface area contributed by atoms with Crippen molar-refractivity contribution in [3.63, 3.8) is 0 Å². The van der Waals surface area contributed by atoms with Crippen molar-refractivity contribution in [2.24, 2.45) is 0 Å². The molecule has 0 amide bonds. The molecule has 2 rings (SSSR count). The molecule has 6 heteroatoms. The summed E-state index contributed by atoms with van der Waals surface area (Å²) in [6, 6.07) is 11.5. The van der Waals surface area contributed by atoms with Crippen LogP contribution in [-0.2, 0) is 10.0 Å². The van der Waals surface area contributed by atoms with Crippen LogP contribution in [0.25, 0.3) is 0 Å². The zero-order valence-electron chi connectivity index (χ0n) is 11.8. The third-order valence-electron chi connectivity index (χ3n) is 3.05. The van der Waals surface area contributed by atoms with Gasteiger partial charge < -0.3 is 4.74 Å². The van der Waals surface area contributed by atoms with Crippen molar-refractivity contribution in [2.75, 3.05) is 18.0 Å². The van der Waals surface area contributed by atoms with E-state index in [0.29, 0.717) is 11.4 Å². The molecule has 0 heterocycles. The summed E-state index contributed by atoms with van der Waals surface area (Å²) in [4.78, 5) is 0.162. The van der Waals surface area contributed by atoms with Gasteiger partial charge in [-0.3, -0.25) is 4.31 Å². The lowest BCUT2D eigenvalue weighted by Gasteiger charge is -2.23. The standard InChI is InChI=1S/C15H16FNO3S/c1-3-17(13-6-4-12(16)5-7-13)21(18,19)15-10-8-14(20-2)9-11-15/h4-11H,3H2,1-2H3. The van der Waals surface area contributed by atoms with Crippen LogP contribution in [0.4, 0.5) is 10.1 Å². The Hall–Kier alpha value is -2.08. The molecule has 112 valence electrons. The van der Waals surface area contributed by atoms with Gasteiger partial charge in [0.1, 0.15) is 11.6 Å². The molecule has 0 aliphatic carbocycles. The second-order valence-corrected chi connectivity index (χ2v) is 6.18. The number of halogens is 1. The quantitative estimate of drug-likeness (QED) is 0.853. The maximum atomic E-state index is 13.0. The molecule has 0 fully saturated rings. The first-order chi connectivity index (χ1) is 9.98. The molecular formula is C15H16FNO3S. The molecule has 0 aromatic heterocycles. The average Bonchev–Trinajstić information content (AvgIpc) is 2.50. The molecule has 4 nitrogen and oxygen atoms in total. The van der Waals surface area contributed by atoms with Crippen LogP contribution < -0.4 is 9.04 Å². The predicted octanol–water partition coefficient (Wildman–Crippen LogP) is 3.05. The van der Waals surface area contributed by atoms with Gasteiger partial charge in [0.25, 0.3) is 10.0 Å². The van der Waals surface area contributed by atoms with E-state index in [9.17, 15) is 12.8 Å². The third-order valence-corrected chi connectivity index (χ3v) is 4.97. The molecule has 0 radical (unpaired) electrons. The fourth-order valence-corrected chi connectivity index (χ4v) is 3.45. The molecule has 0 aliphatic rings. The largest absolute Gasteiger partial charge is 0.497 e. The minimum Gasteiger partial charge on any atom is -0.497 e. The van der Waals surface area contributed by atoms with E-state index >= 15 is 0 Å². The third kappa shape index (κ3) is 3.16. The lowest BCUT2D eigenvalue weighted by Crippen LogP contribution is -2.30. The highest BCUT2D eigenvalue weighted by Gasteiger charge is 2.23. The van der Waals surface area contributed by atoms with Gasteiger partial charge in [0.05, 0.1) is 17.7 Å². The van der Waals surface area contributed by atoms with Crippen molar-refractivity contribution in [2.45, 2.75) is 11.8 Å². The molecule has 0 atom stereocenters. The normalized spacial score (nSPS) is 11.2. The van der Waals surface area contributed by atoms with Gasteiger partial charge in [-0.1, -0.05) is 0 Å². The van der Waals surface area contributed by atoms with Crippen molar-refractivity contribution in [1.82, 2.24) is 0 Å². The van der Waals surface area contributed by atoms with Gasteiger partial charge in [-0.25, -0.2) is 12.8 Å². The topological polar surface area (TPSA) is 46.6 Å². The van der Waals surface area contributed by atoms with Crippen LogP contribution in [0.15, 0.2) is 53.4 Å². The summed E-state index contributed by atoms with van der Waals surface area (Å²) in [5, 5.41) is 0. The maximum Gasteiger partial charge on any atom is 0.264 e. The van der Waals surface area contributed by atoms with Crippen LogP contribution in [0, 0.1) is 5.82 Å². The summed E-state index contributed by atoms with van der Waals surface area (Å²) < 4.78 is 44.5. The maximum absolute atomic E-state index is 13.0. The first kappa shape index (κ1) is 15.3. The summed E-state index contributed by atoms with van der Waals surface area (Å²) in [5.41, 5.74) is 0.426. The summed E-state index contributed by atoms with van der Waals surface area (Å²) >= 11 is 0. The monoisotopic (exact) mass is 309 g/mol. The van der Waals surface area contributed by atoms with E-state index in [2.05, 4.69) is 0 Å². The summed E-state index contributed by atoms with van der Waals surface area (Å²) in [7, 11) is -2.17. The van der Waals surface area contributed by atoms with Crippen molar-refractivity contribution in [3.05, 3.63) is 54.3 Å². The molecule has 0 aliphatic heterocycles. The van der Waals surface area contributed by atoms with Crippen molar-refractivity contribution < 1.29 is 17.5 Å². The van der Waals surface area contributed by atoms with E-state index in [1.807, 2.05) is 0 Å². The summed E-state index contributed by atoms with van der Waals surface area (Å²) in [6.45, 7) is 1.98. The van der Waals surface area contributed by atoms with Crippen molar-refractivity contribution in [3.8, 4) is 5.75 Å². The first-order valence-corrected chi connectivity index (χ1v) is 7.85. The van der Waals surface area contributed by atoms with E-state index in [4.69, 9.17) is 4.74 Å². The molecule has 0 saturated carbocycles. The smallest absolute Gasteiger partial charge is 0.264 e. The summed E-state index contributed by atoms with van der Waals surface area (Å²) in [5.74, 6) is 0.176. The lowest BCUT2D eigenvalue weighted by atomic mass is 10.3. The van der Waals surface area contributed by atoms with E-state index in [0.717, 1.165) is 0 Å².